The molecule has 4 nitrogen and oxygen atoms in total. The zero-order valence-corrected chi connectivity index (χ0v) is 19.2. The van der Waals surface area contributed by atoms with E-state index in [1.54, 1.807) is 6.07 Å². The molecule has 1 amide bonds. The van der Waals surface area contributed by atoms with Crippen molar-refractivity contribution in [3.63, 3.8) is 0 Å². The second-order valence-corrected chi connectivity index (χ2v) is 9.87. The molecule has 0 radical (unpaired) electrons. The Bertz CT molecular complexity index is 1190. The molecule has 0 spiro atoms. The van der Waals surface area contributed by atoms with Crippen LogP contribution in [0, 0.1) is 29.3 Å². The van der Waals surface area contributed by atoms with Gasteiger partial charge in [0.15, 0.2) is 11.6 Å². The summed E-state index contributed by atoms with van der Waals surface area (Å²) in [5.74, 6) is -3.72. The summed E-state index contributed by atoms with van der Waals surface area (Å²) in [6.45, 7) is 0. The van der Waals surface area contributed by atoms with Gasteiger partial charge in [0.05, 0.1) is 16.6 Å². The van der Waals surface area contributed by atoms with Crippen LogP contribution in [0.1, 0.15) is 64.2 Å². The van der Waals surface area contributed by atoms with Gasteiger partial charge in [0.25, 0.3) is 0 Å². The molecule has 2 saturated carbocycles. The van der Waals surface area contributed by atoms with Crippen molar-refractivity contribution < 1.29 is 18.0 Å². The number of hydrogen-bond donors (Lipinski definition) is 1. The average molecular weight is 470 g/mol. The number of amides is 1. The van der Waals surface area contributed by atoms with Gasteiger partial charge < -0.3 is 10.3 Å². The molecule has 2 aromatic carbocycles. The summed E-state index contributed by atoms with van der Waals surface area (Å²) >= 11 is 0. The molecule has 0 bridgehead atoms. The van der Waals surface area contributed by atoms with Gasteiger partial charge in [-0.2, -0.15) is 0 Å². The van der Waals surface area contributed by atoms with Crippen molar-refractivity contribution in [3.05, 3.63) is 53.8 Å². The number of aromatic nitrogens is 2. The minimum absolute atomic E-state index is 0.0356. The number of carbonyl (C=O) groups excluding carboxylic acids is 1. The summed E-state index contributed by atoms with van der Waals surface area (Å²) in [5, 5.41) is 0. The Morgan fingerprint density at radius 1 is 0.853 bits per heavy atom. The molecule has 2 fully saturated rings. The molecule has 1 heterocycles. The van der Waals surface area contributed by atoms with Gasteiger partial charge >= 0.3 is 0 Å². The molecule has 2 aliphatic carbocycles. The maximum Gasteiger partial charge on any atom is 0.244 e. The van der Waals surface area contributed by atoms with E-state index in [0.29, 0.717) is 17.1 Å². The van der Waals surface area contributed by atoms with Crippen molar-refractivity contribution in [1.29, 1.82) is 0 Å². The highest BCUT2D eigenvalue weighted by atomic mass is 19.2. The lowest BCUT2D eigenvalue weighted by molar-refractivity contribution is -0.135. The SMILES string of the molecule is NC(=O)C(C1CCCCC1)(C1CCCCC1)n1c(-c2cc(F)c(F)cc2F)nc2ccccc21. The predicted molar refractivity (Wildman–Crippen MR) is 125 cm³/mol. The summed E-state index contributed by atoms with van der Waals surface area (Å²) in [5.41, 5.74) is 6.29. The first-order valence-electron chi connectivity index (χ1n) is 12.4. The normalized spacial score (nSPS) is 18.4. The van der Waals surface area contributed by atoms with Gasteiger partial charge in [-0.25, -0.2) is 18.2 Å². The Morgan fingerprint density at radius 2 is 1.41 bits per heavy atom. The topological polar surface area (TPSA) is 60.9 Å². The minimum Gasteiger partial charge on any atom is -0.368 e. The van der Waals surface area contributed by atoms with Crippen LogP contribution >= 0.6 is 0 Å². The quantitative estimate of drug-likeness (QED) is 0.436. The fraction of sp³-hybridized carbons (Fsp3) is 0.481. The van der Waals surface area contributed by atoms with E-state index in [-0.39, 0.29) is 23.2 Å². The van der Waals surface area contributed by atoms with Crippen LogP contribution in [0.15, 0.2) is 36.4 Å². The maximum absolute atomic E-state index is 15.1. The van der Waals surface area contributed by atoms with Gasteiger partial charge in [-0.05, 0) is 55.7 Å². The third-order valence-electron chi connectivity index (χ3n) is 8.03. The van der Waals surface area contributed by atoms with E-state index in [0.717, 1.165) is 70.3 Å². The molecule has 1 aromatic heterocycles. The van der Waals surface area contributed by atoms with Crippen LogP contribution in [0.5, 0.6) is 0 Å². The molecule has 0 unspecified atom stereocenters. The van der Waals surface area contributed by atoms with Crippen molar-refractivity contribution in [1.82, 2.24) is 9.55 Å². The number of para-hydroxylation sites is 2. The monoisotopic (exact) mass is 469 g/mol. The number of hydrogen-bond acceptors (Lipinski definition) is 2. The molecule has 2 aliphatic rings. The van der Waals surface area contributed by atoms with Gasteiger partial charge in [0.2, 0.25) is 5.91 Å². The highest BCUT2D eigenvalue weighted by molar-refractivity contribution is 5.90. The number of fused-ring (bicyclic) bond motifs is 1. The van der Waals surface area contributed by atoms with Crippen molar-refractivity contribution in [2.24, 2.45) is 17.6 Å². The number of carbonyl (C=O) groups is 1. The molecule has 0 aliphatic heterocycles. The van der Waals surface area contributed by atoms with E-state index in [9.17, 15) is 13.6 Å². The summed E-state index contributed by atoms with van der Waals surface area (Å²) < 4.78 is 45.1. The van der Waals surface area contributed by atoms with Crippen LogP contribution in [-0.2, 0) is 10.3 Å². The first kappa shape index (κ1) is 22.9. The van der Waals surface area contributed by atoms with E-state index in [1.807, 2.05) is 22.8 Å². The van der Waals surface area contributed by atoms with Crippen molar-refractivity contribution >= 4 is 16.9 Å². The van der Waals surface area contributed by atoms with Gasteiger partial charge in [-0.15, -0.1) is 0 Å². The molecule has 3 aromatic rings. The van der Waals surface area contributed by atoms with Crippen molar-refractivity contribution in [2.45, 2.75) is 69.7 Å². The summed E-state index contributed by atoms with van der Waals surface area (Å²) in [6.07, 6.45) is 9.54. The van der Waals surface area contributed by atoms with Crippen LogP contribution in [-0.4, -0.2) is 15.5 Å². The summed E-state index contributed by atoms with van der Waals surface area (Å²) in [4.78, 5) is 18.4. The van der Waals surface area contributed by atoms with Crippen LogP contribution in [0.25, 0.3) is 22.4 Å². The Balaban J connectivity index is 1.86. The molecular formula is C27H30F3N3O. The van der Waals surface area contributed by atoms with Gasteiger partial charge in [-0.3, -0.25) is 4.79 Å². The Hall–Kier alpha value is -2.83. The lowest BCUT2D eigenvalue weighted by atomic mass is 9.63. The third-order valence-corrected chi connectivity index (χ3v) is 8.03. The third kappa shape index (κ3) is 3.60. The predicted octanol–water partition coefficient (Wildman–Crippen LogP) is 6.46. The molecule has 0 saturated heterocycles. The molecule has 0 atom stereocenters. The maximum atomic E-state index is 15.1. The van der Waals surface area contributed by atoms with Crippen LogP contribution in [0.3, 0.4) is 0 Å². The number of benzene rings is 2. The Labute approximate surface area is 197 Å². The minimum atomic E-state index is -1.26. The molecule has 34 heavy (non-hydrogen) atoms. The largest absolute Gasteiger partial charge is 0.368 e. The zero-order chi connectivity index (χ0) is 23.9. The molecule has 180 valence electrons. The fourth-order valence-electron chi connectivity index (χ4n) is 6.57. The number of nitrogens with zero attached hydrogens (tertiary/aromatic N) is 2. The van der Waals surface area contributed by atoms with E-state index < -0.39 is 28.9 Å². The molecule has 2 N–H and O–H groups in total. The van der Waals surface area contributed by atoms with E-state index in [1.165, 1.54) is 0 Å². The fourth-order valence-corrected chi connectivity index (χ4v) is 6.57. The smallest absolute Gasteiger partial charge is 0.244 e. The Morgan fingerprint density at radius 3 is 2.00 bits per heavy atom. The second kappa shape index (κ2) is 9.08. The molecule has 5 rings (SSSR count). The molecule has 7 heteroatoms. The van der Waals surface area contributed by atoms with Gasteiger partial charge in [0, 0.05) is 6.07 Å². The Kier molecular flexibility index (Phi) is 6.13. The highest BCUT2D eigenvalue weighted by Crippen LogP contribution is 2.50. The lowest BCUT2D eigenvalue weighted by Crippen LogP contribution is -2.58. The van der Waals surface area contributed by atoms with Crippen LogP contribution in [0.2, 0.25) is 0 Å². The first-order chi connectivity index (χ1) is 16.4. The zero-order valence-electron chi connectivity index (χ0n) is 19.2. The van der Waals surface area contributed by atoms with E-state index >= 15 is 4.39 Å². The van der Waals surface area contributed by atoms with Crippen molar-refractivity contribution in [3.8, 4) is 11.4 Å². The summed E-state index contributed by atoms with van der Waals surface area (Å²) in [7, 11) is 0. The highest BCUT2D eigenvalue weighted by Gasteiger charge is 2.53. The number of rotatable bonds is 5. The van der Waals surface area contributed by atoms with E-state index in [4.69, 9.17) is 5.73 Å². The van der Waals surface area contributed by atoms with E-state index in [2.05, 4.69) is 4.98 Å². The van der Waals surface area contributed by atoms with Crippen LogP contribution < -0.4 is 5.73 Å². The number of imidazole rings is 1. The van der Waals surface area contributed by atoms with Crippen molar-refractivity contribution in [2.75, 3.05) is 0 Å². The first-order valence-corrected chi connectivity index (χ1v) is 12.4. The standard InChI is InChI=1S/C27H30F3N3O/c28-20-16-22(30)21(29)15-19(20)25-32-23-13-7-8-14-24(23)33(25)27(26(31)34,17-9-3-1-4-10-17)18-11-5-2-6-12-18/h7-8,13-18H,1-6,9-12H2,(H2,31,34). The summed E-state index contributed by atoms with van der Waals surface area (Å²) in [6, 6.07) is 8.70. The lowest BCUT2D eigenvalue weighted by Gasteiger charge is -2.48. The van der Waals surface area contributed by atoms with Gasteiger partial charge in [0.1, 0.15) is 17.2 Å². The average Bonchev–Trinajstić information content (AvgIpc) is 3.23. The number of halogens is 3. The number of nitrogens with two attached hydrogens (primary N) is 1. The number of primary amides is 1. The second-order valence-electron chi connectivity index (χ2n) is 9.87. The van der Waals surface area contributed by atoms with Gasteiger partial charge in [-0.1, -0.05) is 50.7 Å². The van der Waals surface area contributed by atoms with Crippen LogP contribution in [0.4, 0.5) is 13.2 Å². The molecular weight excluding hydrogens is 439 g/mol.